The fourth-order valence-corrected chi connectivity index (χ4v) is 5.55. The minimum absolute atomic E-state index is 0.0314. The number of halogens is 1. The van der Waals surface area contributed by atoms with E-state index in [9.17, 15) is 14.9 Å². The number of carbonyl (C=O) groups excluding carboxylic acids is 2. The Labute approximate surface area is 190 Å². The van der Waals surface area contributed by atoms with Crippen molar-refractivity contribution in [3.05, 3.63) is 57.3 Å². The Morgan fingerprint density at radius 1 is 1.34 bits per heavy atom. The van der Waals surface area contributed by atoms with Crippen LogP contribution in [0.15, 0.2) is 29.3 Å². The molecule has 4 heterocycles. The van der Waals surface area contributed by atoms with Crippen LogP contribution < -0.4 is 10.8 Å². The van der Waals surface area contributed by atoms with Gasteiger partial charge in [0.2, 0.25) is 11.8 Å². The molecule has 1 unspecified atom stereocenters. The first kappa shape index (κ1) is 20.3. The molecule has 0 radical (unpaired) electrons. The SMILES string of the molecule is CC(=O)N=c1nc2c3c(sc4nc(C)[nH]c(c1C#N)c42)NC(=O)CC3c1ccccc1Cl. The van der Waals surface area contributed by atoms with Gasteiger partial charge in [0.15, 0.2) is 5.49 Å². The van der Waals surface area contributed by atoms with E-state index in [1.54, 1.807) is 13.0 Å². The molecule has 1 aromatic carbocycles. The summed E-state index contributed by atoms with van der Waals surface area (Å²) in [6.07, 6.45) is 0.184. The van der Waals surface area contributed by atoms with E-state index in [0.29, 0.717) is 37.1 Å². The van der Waals surface area contributed by atoms with Gasteiger partial charge in [-0.3, -0.25) is 9.59 Å². The lowest BCUT2D eigenvalue weighted by Crippen LogP contribution is -2.25. The summed E-state index contributed by atoms with van der Waals surface area (Å²) in [6, 6.07) is 9.49. The molecule has 3 aromatic heterocycles. The van der Waals surface area contributed by atoms with Gasteiger partial charge < -0.3 is 10.3 Å². The van der Waals surface area contributed by atoms with Crippen LogP contribution in [0.4, 0.5) is 5.00 Å². The maximum absolute atomic E-state index is 12.6. The lowest BCUT2D eigenvalue weighted by Gasteiger charge is -2.27. The zero-order valence-corrected chi connectivity index (χ0v) is 18.6. The van der Waals surface area contributed by atoms with Crippen molar-refractivity contribution < 1.29 is 9.59 Å². The van der Waals surface area contributed by atoms with Crippen LogP contribution in [0.3, 0.4) is 0 Å². The zero-order valence-electron chi connectivity index (χ0n) is 17.0. The Bertz CT molecular complexity index is 1580. The van der Waals surface area contributed by atoms with Crippen molar-refractivity contribution in [2.24, 2.45) is 4.99 Å². The second-order valence-corrected chi connectivity index (χ2v) is 8.86. The molecule has 5 rings (SSSR count). The van der Waals surface area contributed by atoms with Gasteiger partial charge in [0.05, 0.1) is 16.4 Å². The van der Waals surface area contributed by atoms with Gasteiger partial charge in [0, 0.05) is 29.8 Å². The first-order valence-electron chi connectivity index (χ1n) is 9.74. The van der Waals surface area contributed by atoms with Gasteiger partial charge in [0.1, 0.15) is 27.3 Å². The molecule has 8 nitrogen and oxygen atoms in total. The van der Waals surface area contributed by atoms with Crippen LogP contribution in [0.25, 0.3) is 21.3 Å². The molecule has 1 atom stereocenters. The number of H-pyrrole nitrogens is 1. The minimum Gasteiger partial charge on any atom is -0.342 e. The molecule has 4 aromatic rings. The summed E-state index contributed by atoms with van der Waals surface area (Å²) in [5, 5.41) is 14.6. The molecule has 0 bridgehead atoms. The Kier molecular flexibility index (Phi) is 4.77. The van der Waals surface area contributed by atoms with E-state index >= 15 is 0 Å². The van der Waals surface area contributed by atoms with E-state index in [0.717, 1.165) is 11.1 Å². The molecule has 0 fully saturated rings. The molecule has 10 heteroatoms. The van der Waals surface area contributed by atoms with Gasteiger partial charge in [-0.1, -0.05) is 41.1 Å². The molecule has 1 aliphatic heterocycles. The van der Waals surface area contributed by atoms with Gasteiger partial charge in [-0.15, -0.1) is 0 Å². The van der Waals surface area contributed by atoms with E-state index in [2.05, 4.69) is 31.3 Å². The van der Waals surface area contributed by atoms with Crippen LogP contribution in [-0.2, 0) is 9.59 Å². The van der Waals surface area contributed by atoms with Gasteiger partial charge in [-0.25, -0.2) is 9.97 Å². The molecule has 0 saturated heterocycles. The van der Waals surface area contributed by atoms with Crippen molar-refractivity contribution in [2.75, 3.05) is 5.32 Å². The summed E-state index contributed by atoms with van der Waals surface area (Å²) in [5.41, 5.74) is 2.80. The highest BCUT2D eigenvalue weighted by Gasteiger charge is 2.33. The van der Waals surface area contributed by atoms with Gasteiger partial charge in [-0.2, -0.15) is 10.3 Å². The number of benzene rings is 1. The van der Waals surface area contributed by atoms with Crippen molar-refractivity contribution in [3.63, 3.8) is 0 Å². The molecule has 32 heavy (non-hydrogen) atoms. The molecule has 0 spiro atoms. The third kappa shape index (κ3) is 3.16. The predicted octanol–water partition coefficient (Wildman–Crippen LogP) is 3.93. The van der Waals surface area contributed by atoms with E-state index in [1.165, 1.54) is 18.3 Å². The summed E-state index contributed by atoms with van der Waals surface area (Å²) in [6.45, 7) is 3.08. The van der Waals surface area contributed by atoms with E-state index < -0.39 is 5.91 Å². The number of hydrogen-bond donors (Lipinski definition) is 2. The number of nitrogens with one attached hydrogen (secondary N) is 2. The van der Waals surface area contributed by atoms with Crippen LogP contribution >= 0.6 is 22.9 Å². The number of anilines is 1. The first-order chi connectivity index (χ1) is 15.4. The fourth-order valence-electron chi connectivity index (χ4n) is 4.09. The number of nitriles is 1. The Morgan fingerprint density at radius 2 is 2.12 bits per heavy atom. The Balaban J connectivity index is 2.00. The molecule has 1 aliphatic rings. The van der Waals surface area contributed by atoms with E-state index in [1.807, 2.05) is 18.2 Å². The third-order valence-corrected chi connectivity index (χ3v) is 6.67. The normalized spacial score (nSPS) is 16.1. The van der Waals surface area contributed by atoms with Crippen molar-refractivity contribution in [3.8, 4) is 6.07 Å². The average molecular weight is 463 g/mol. The Hall–Kier alpha value is -3.61. The highest BCUT2D eigenvalue weighted by Crippen LogP contribution is 2.46. The van der Waals surface area contributed by atoms with Crippen molar-refractivity contribution in [2.45, 2.75) is 26.2 Å². The number of rotatable bonds is 1. The summed E-state index contributed by atoms with van der Waals surface area (Å²) in [4.78, 5) is 41.4. The first-order valence-corrected chi connectivity index (χ1v) is 10.9. The molecular weight excluding hydrogens is 448 g/mol. The van der Waals surface area contributed by atoms with Crippen LogP contribution in [0.5, 0.6) is 0 Å². The number of pyridine rings is 1. The van der Waals surface area contributed by atoms with Crippen LogP contribution in [-0.4, -0.2) is 26.8 Å². The van der Waals surface area contributed by atoms with Crippen LogP contribution in [0.2, 0.25) is 5.02 Å². The standard InChI is InChI=1S/C22H15ClN6O2S/c1-9-25-18-13(8-24)20(27-10(2)30)29-19-16-12(11-5-3-4-6-14(11)23)7-15(31)28-21(16)32-22(26-9)17(18)19/h3-6,12H,7H2,1-2H3,(H,25,26)(H,28,31). The topological polar surface area (TPSA) is 124 Å². The number of nitrogens with zero attached hydrogens (tertiary/aromatic N) is 4. The fraction of sp³-hybridized carbons (Fsp3) is 0.182. The number of fused-ring (bicyclic) bond motifs is 2. The second kappa shape index (κ2) is 7.51. The smallest absolute Gasteiger partial charge is 0.244 e. The van der Waals surface area contributed by atoms with Gasteiger partial charge in [-0.05, 0) is 18.6 Å². The maximum atomic E-state index is 12.6. The van der Waals surface area contributed by atoms with Crippen molar-refractivity contribution >= 4 is 61.0 Å². The Morgan fingerprint density at radius 3 is 2.84 bits per heavy atom. The summed E-state index contributed by atoms with van der Waals surface area (Å²) in [7, 11) is 0. The number of aryl methyl sites for hydroxylation is 1. The predicted molar refractivity (Wildman–Crippen MR) is 122 cm³/mol. The summed E-state index contributed by atoms with van der Waals surface area (Å²) >= 11 is 7.82. The molecule has 0 saturated carbocycles. The van der Waals surface area contributed by atoms with Crippen molar-refractivity contribution in [1.82, 2.24) is 15.0 Å². The minimum atomic E-state index is -0.467. The zero-order chi connectivity index (χ0) is 22.6. The monoisotopic (exact) mass is 462 g/mol. The van der Waals surface area contributed by atoms with Crippen LogP contribution in [0, 0.1) is 18.3 Å². The lowest BCUT2D eigenvalue weighted by molar-refractivity contribution is -0.117. The number of aromatic nitrogens is 3. The maximum Gasteiger partial charge on any atom is 0.244 e. The summed E-state index contributed by atoms with van der Waals surface area (Å²) in [5.74, 6) is -0.382. The quantitative estimate of drug-likeness (QED) is 0.443. The average Bonchev–Trinajstić information content (AvgIpc) is 2.72. The highest BCUT2D eigenvalue weighted by atomic mass is 35.5. The lowest BCUT2D eigenvalue weighted by atomic mass is 9.86. The molecule has 2 N–H and O–H groups in total. The second-order valence-electron chi connectivity index (χ2n) is 7.45. The molecular formula is C22H15ClN6O2S. The molecule has 2 amide bonds. The third-order valence-electron chi connectivity index (χ3n) is 5.31. The van der Waals surface area contributed by atoms with Crippen LogP contribution in [0.1, 0.15) is 41.8 Å². The number of carbonyl (C=O) groups is 2. The number of amides is 2. The number of hydrogen-bond acceptors (Lipinski definition) is 6. The van der Waals surface area contributed by atoms with Crippen molar-refractivity contribution in [1.29, 1.82) is 5.26 Å². The largest absolute Gasteiger partial charge is 0.342 e. The van der Waals surface area contributed by atoms with Gasteiger partial charge >= 0.3 is 0 Å². The number of aromatic amines is 1. The van der Waals surface area contributed by atoms with E-state index in [4.69, 9.17) is 11.6 Å². The van der Waals surface area contributed by atoms with E-state index in [-0.39, 0.29) is 29.3 Å². The van der Waals surface area contributed by atoms with Gasteiger partial charge in [0.25, 0.3) is 0 Å². The highest BCUT2D eigenvalue weighted by molar-refractivity contribution is 7.22. The molecule has 158 valence electrons. The molecule has 0 aliphatic carbocycles. The summed E-state index contributed by atoms with van der Waals surface area (Å²) < 4.78 is 0.